The molecular formula is C14H13N3O2. The highest BCUT2D eigenvalue weighted by atomic mass is 16.5. The predicted molar refractivity (Wildman–Crippen MR) is 72.4 cm³/mol. The average molecular weight is 255 g/mol. The summed E-state index contributed by atoms with van der Waals surface area (Å²) in [7, 11) is 1.59. The van der Waals surface area contributed by atoms with Crippen LogP contribution >= 0.6 is 0 Å². The van der Waals surface area contributed by atoms with E-state index < -0.39 is 0 Å². The molecule has 0 aliphatic carbocycles. The number of nitrogens with two attached hydrogens (primary N) is 1. The van der Waals surface area contributed by atoms with Gasteiger partial charge in [-0.25, -0.2) is 9.97 Å². The van der Waals surface area contributed by atoms with Crippen LogP contribution in [0.3, 0.4) is 0 Å². The number of nitrogen functional groups attached to an aromatic ring is 1. The van der Waals surface area contributed by atoms with Crippen LogP contribution in [0.15, 0.2) is 40.8 Å². The molecule has 0 aliphatic rings. The van der Waals surface area contributed by atoms with Crippen LogP contribution in [0.5, 0.6) is 0 Å². The molecule has 19 heavy (non-hydrogen) atoms. The molecule has 0 aliphatic heterocycles. The van der Waals surface area contributed by atoms with Crippen LogP contribution in [0.1, 0.15) is 5.82 Å². The van der Waals surface area contributed by atoms with Crippen LogP contribution in [-0.2, 0) is 11.3 Å². The smallest absolute Gasteiger partial charge is 0.157 e. The van der Waals surface area contributed by atoms with Crippen molar-refractivity contribution in [3.8, 4) is 11.5 Å². The van der Waals surface area contributed by atoms with Gasteiger partial charge < -0.3 is 14.9 Å². The Bertz CT molecular complexity index is 689. The maximum absolute atomic E-state index is 5.77. The monoisotopic (exact) mass is 255 g/mol. The highest BCUT2D eigenvalue weighted by Crippen LogP contribution is 2.27. The first kappa shape index (κ1) is 11.7. The van der Waals surface area contributed by atoms with E-state index in [0.717, 1.165) is 11.0 Å². The lowest BCUT2D eigenvalue weighted by Gasteiger charge is -2.02. The number of methoxy groups -OCH3 is 1. The number of nitrogens with zero attached hydrogens (tertiary/aromatic N) is 2. The second-order valence-corrected chi connectivity index (χ2v) is 4.18. The minimum absolute atomic E-state index is 0.318. The molecule has 3 rings (SSSR count). The fourth-order valence-corrected chi connectivity index (χ4v) is 1.95. The molecule has 5 nitrogen and oxygen atoms in total. The van der Waals surface area contributed by atoms with Crippen LogP contribution in [0.2, 0.25) is 0 Å². The van der Waals surface area contributed by atoms with Crippen LogP contribution in [-0.4, -0.2) is 17.1 Å². The molecule has 0 saturated heterocycles. The topological polar surface area (TPSA) is 74.2 Å². The van der Waals surface area contributed by atoms with Crippen LogP contribution in [0, 0.1) is 0 Å². The summed E-state index contributed by atoms with van der Waals surface area (Å²) in [4.78, 5) is 8.48. The summed E-state index contributed by atoms with van der Waals surface area (Å²) in [6.45, 7) is 0.318. The molecule has 0 radical (unpaired) electrons. The first-order valence-corrected chi connectivity index (χ1v) is 5.87. The Kier molecular flexibility index (Phi) is 2.89. The van der Waals surface area contributed by atoms with Crippen molar-refractivity contribution in [2.24, 2.45) is 0 Å². The van der Waals surface area contributed by atoms with Gasteiger partial charge in [-0.3, -0.25) is 0 Å². The number of aromatic nitrogens is 2. The first-order chi connectivity index (χ1) is 9.26. The van der Waals surface area contributed by atoms with E-state index in [-0.39, 0.29) is 0 Å². The lowest BCUT2D eigenvalue weighted by Crippen LogP contribution is -2.02. The third-order valence-corrected chi connectivity index (χ3v) is 2.74. The van der Waals surface area contributed by atoms with Gasteiger partial charge in [0.1, 0.15) is 23.7 Å². The van der Waals surface area contributed by atoms with Crippen molar-refractivity contribution in [2.75, 3.05) is 12.8 Å². The number of para-hydroxylation sites is 1. The fourth-order valence-electron chi connectivity index (χ4n) is 1.95. The van der Waals surface area contributed by atoms with Gasteiger partial charge in [0.05, 0.1) is 0 Å². The number of benzene rings is 1. The molecule has 2 aromatic heterocycles. The van der Waals surface area contributed by atoms with E-state index >= 15 is 0 Å². The molecule has 1 aromatic carbocycles. The summed E-state index contributed by atoms with van der Waals surface area (Å²) in [6.07, 6.45) is 0. The Hall–Kier alpha value is -2.40. The zero-order valence-corrected chi connectivity index (χ0v) is 10.5. The lowest BCUT2D eigenvalue weighted by atomic mass is 10.2. The summed E-state index contributed by atoms with van der Waals surface area (Å²) in [6, 6.07) is 11.4. The molecule has 0 amide bonds. The largest absolute Gasteiger partial charge is 0.454 e. The van der Waals surface area contributed by atoms with Crippen LogP contribution in [0.4, 0.5) is 5.82 Å². The molecule has 0 atom stereocenters. The molecule has 2 N–H and O–H groups in total. The molecule has 0 fully saturated rings. The zero-order chi connectivity index (χ0) is 13.2. The summed E-state index contributed by atoms with van der Waals surface area (Å²) >= 11 is 0. The molecule has 0 bridgehead atoms. The predicted octanol–water partition coefficient (Wildman–Crippen LogP) is 2.62. The van der Waals surface area contributed by atoms with Gasteiger partial charge in [-0.2, -0.15) is 0 Å². The van der Waals surface area contributed by atoms with Crippen molar-refractivity contribution in [1.82, 2.24) is 9.97 Å². The Morgan fingerprint density at radius 1 is 1.21 bits per heavy atom. The van der Waals surface area contributed by atoms with E-state index in [1.165, 1.54) is 0 Å². The van der Waals surface area contributed by atoms with E-state index in [9.17, 15) is 0 Å². The van der Waals surface area contributed by atoms with Crippen molar-refractivity contribution in [1.29, 1.82) is 0 Å². The normalized spacial score (nSPS) is 11.0. The van der Waals surface area contributed by atoms with Crippen molar-refractivity contribution < 1.29 is 9.15 Å². The number of rotatable bonds is 3. The van der Waals surface area contributed by atoms with Crippen molar-refractivity contribution in [2.45, 2.75) is 6.61 Å². The van der Waals surface area contributed by atoms with Crippen molar-refractivity contribution in [3.05, 3.63) is 42.2 Å². The first-order valence-electron chi connectivity index (χ1n) is 5.87. The van der Waals surface area contributed by atoms with E-state index in [4.69, 9.17) is 14.9 Å². The highest BCUT2D eigenvalue weighted by molar-refractivity contribution is 5.82. The molecule has 2 heterocycles. The maximum Gasteiger partial charge on any atom is 0.157 e. The van der Waals surface area contributed by atoms with Gasteiger partial charge in [0.15, 0.2) is 11.6 Å². The van der Waals surface area contributed by atoms with E-state index in [1.54, 1.807) is 13.2 Å². The summed E-state index contributed by atoms with van der Waals surface area (Å²) in [5, 5.41) is 1.03. The number of hydrogen-bond acceptors (Lipinski definition) is 5. The second-order valence-electron chi connectivity index (χ2n) is 4.18. The molecule has 3 aromatic rings. The SMILES string of the molecule is COCc1nc(N)cc(-c2cc3ccccc3o2)n1. The number of furan rings is 1. The van der Waals surface area contributed by atoms with Crippen molar-refractivity contribution in [3.63, 3.8) is 0 Å². The van der Waals surface area contributed by atoms with Crippen LogP contribution < -0.4 is 5.73 Å². The minimum Gasteiger partial charge on any atom is -0.454 e. The Balaban J connectivity index is 2.09. The number of fused-ring (bicyclic) bond motifs is 1. The lowest BCUT2D eigenvalue weighted by molar-refractivity contribution is 0.178. The van der Waals surface area contributed by atoms with Gasteiger partial charge in [0.2, 0.25) is 0 Å². The number of ether oxygens (including phenoxy) is 1. The van der Waals surface area contributed by atoms with Gasteiger partial charge in [-0.05, 0) is 12.1 Å². The van der Waals surface area contributed by atoms with Gasteiger partial charge in [0.25, 0.3) is 0 Å². The Labute approximate surface area is 110 Å². The molecule has 5 heteroatoms. The second kappa shape index (κ2) is 4.70. The minimum atomic E-state index is 0.318. The molecule has 96 valence electrons. The summed E-state index contributed by atoms with van der Waals surface area (Å²) in [5.41, 5.74) is 7.26. The van der Waals surface area contributed by atoms with Gasteiger partial charge >= 0.3 is 0 Å². The van der Waals surface area contributed by atoms with E-state index in [0.29, 0.717) is 29.7 Å². The Morgan fingerprint density at radius 3 is 2.84 bits per heavy atom. The summed E-state index contributed by atoms with van der Waals surface area (Å²) in [5.74, 6) is 1.61. The zero-order valence-electron chi connectivity index (χ0n) is 10.5. The standard InChI is InChI=1S/C14H13N3O2/c1-18-8-14-16-10(7-13(15)17-14)12-6-9-4-2-3-5-11(9)19-12/h2-7H,8H2,1H3,(H2,15,16,17). The third-order valence-electron chi connectivity index (χ3n) is 2.74. The van der Waals surface area contributed by atoms with Gasteiger partial charge in [-0.15, -0.1) is 0 Å². The average Bonchev–Trinajstić information content (AvgIpc) is 2.82. The Morgan fingerprint density at radius 2 is 2.05 bits per heavy atom. The summed E-state index contributed by atoms with van der Waals surface area (Å²) < 4.78 is 10.8. The highest BCUT2D eigenvalue weighted by Gasteiger charge is 2.10. The van der Waals surface area contributed by atoms with Gasteiger partial charge in [-0.1, -0.05) is 18.2 Å². The van der Waals surface area contributed by atoms with Crippen molar-refractivity contribution >= 4 is 16.8 Å². The maximum atomic E-state index is 5.77. The van der Waals surface area contributed by atoms with Gasteiger partial charge in [0, 0.05) is 18.6 Å². The molecule has 0 unspecified atom stereocenters. The third kappa shape index (κ3) is 2.28. The van der Waals surface area contributed by atoms with E-state index in [2.05, 4.69) is 9.97 Å². The molecule has 0 spiro atoms. The fraction of sp³-hybridized carbons (Fsp3) is 0.143. The van der Waals surface area contributed by atoms with Crippen LogP contribution in [0.25, 0.3) is 22.4 Å². The number of hydrogen-bond donors (Lipinski definition) is 1. The molecule has 0 saturated carbocycles. The number of anilines is 1. The quantitative estimate of drug-likeness (QED) is 0.778. The van der Waals surface area contributed by atoms with E-state index in [1.807, 2.05) is 30.3 Å². The molecular weight excluding hydrogens is 242 g/mol.